The third kappa shape index (κ3) is 2.29. The highest BCUT2D eigenvalue weighted by atomic mass is 15.1. The highest BCUT2D eigenvalue weighted by Gasteiger charge is 2.30. The Morgan fingerprint density at radius 3 is 1.50 bits per heavy atom. The van der Waals surface area contributed by atoms with Crippen LogP contribution in [-0.4, -0.2) is 17.1 Å². The van der Waals surface area contributed by atoms with E-state index in [1.165, 1.54) is 0 Å². The maximum Gasteiger partial charge on any atom is 0.148 e. The molecule has 2 aromatic carbocycles. The normalized spacial score (nSPS) is 16.7. The lowest BCUT2D eigenvalue weighted by molar-refractivity contribution is 0.491. The van der Waals surface area contributed by atoms with Gasteiger partial charge in [-0.25, -0.2) is 0 Å². The molecule has 1 heterocycles. The van der Waals surface area contributed by atoms with E-state index in [1.807, 2.05) is 36.4 Å². The topological polar surface area (TPSA) is 24.7 Å². The van der Waals surface area contributed by atoms with Crippen LogP contribution in [0.25, 0.3) is 0 Å². The van der Waals surface area contributed by atoms with Gasteiger partial charge in [-0.1, -0.05) is 67.6 Å². The van der Waals surface area contributed by atoms with E-state index in [4.69, 9.17) is 9.98 Å². The first-order valence-electron chi connectivity index (χ1n) is 7.03. The van der Waals surface area contributed by atoms with Crippen molar-refractivity contribution < 1.29 is 0 Å². The largest absolute Gasteiger partial charge is 0.253 e. The number of aliphatic imine (C=N–C) groups is 2. The van der Waals surface area contributed by atoms with Crippen LogP contribution in [-0.2, 0) is 0 Å². The van der Waals surface area contributed by atoms with Gasteiger partial charge in [0.2, 0.25) is 0 Å². The van der Waals surface area contributed by atoms with Crippen LogP contribution in [0.4, 0.5) is 0 Å². The summed E-state index contributed by atoms with van der Waals surface area (Å²) in [4.78, 5) is 9.76. The number of benzene rings is 2. The van der Waals surface area contributed by atoms with Crippen LogP contribution in [0.5, 0.6) is 0 Å². The molecule has 0 radical (unpaired) electrons. The molecule has 1 aliphatic rings. The van der Waals surface area contributed by atoms with E-state index < -0.39 is 0 Å². The van der Waals surface area contributed by atoms with Gasteiger partial charge >= 0.3 is 0 Å². The number of hydrogen-bond acceptors (Lipinski definition) is 2. The first-order valence-corrected chi connectivity index (χ1v) is 7.03. The summed E-state index contributed by atoms with van der Waals surface area (Å²) in [6, 6.07) is 20.6. The molecule has 0 saturated carbocycles. The van der Waals surface area contributed by atoms with E-state index in [1.54, 1.807) is 0 Å². The minimum absolute atomic E-state index is 0.337. The van der Waals surface area contributed by atoms with Crippen molar-refractivity contribution in [2.45, 2.75) is 25.9 Å². The Balaban J connectivity index is 2.12. The van der Waals surface area contributed by atoms with Crippen molar-refractivity contribution in [3.8, 4) is 0 Å². The monoisotopic (exact) mass is 262 g/mol. The van der Waals surface area contributed by atoms with Crippen molar-refractivity contribution in [3.63, 3.8) is 0 Å². The van der Waals surface area contributed by atoms with Crippen molar-refractivity contribution in [3.05, 3.63) is 71.8 Å². The SMILES string of the molecule is CCC1(C)N=C(c2ccccc2)C(c2ccccc2)=N1. The Morgan fingerprint density at radius 1 is 0.750 bits per heavy atom. The second kappa shape index (κ2) is 5.04. The maximum absolute atomic E-state index is 4.88. The Kier molecular flexibility index (Phi) is 3.23. The number of hydrogen-bond donors (Lipinski definition) is 0. The van der Waals surface area contributed by atoms with E-state index in [0.29, 0.717) is 0 Å². The molecule has 0 saturated heterocycles. The molecule has 0 amide bonds. The molecule has 0 atom stereocenters. The average Bonchev–Trinajstić information content (AvgIpc) is 2.88. The molecule has 20 heavy (non-hydrogen) atoms. The lowest BCUT2D eigenvalue weighted by atomic mass is 10.0. The van der Waals surface area contributed by atoms with Crippen LogP contribution >= 0.6 is 0 Å². The van der Waals surface area contributed by atoms with Gasteiger partial charge in [0.05, 0.1) is 11.4 Å². The van der Waals surface area contributed by atoms with E-state index >= 15 is 0 Å². The van der Waals surface area contributed by atoms with Crippen LogP contribution < -0.4 is 0 Å². The van der Waals surface area contributed by atoms with Gasteiger partial charge in [0, 0.05) is 11.1 Å². The zero-order chi connectivity index (χ0) is 14.0. The second-order valence-corrected chi connectivity index (χ2v) is 5.22. The second-order valence-electron chi connectivity index (χ2n) is 5.22. The van der Waals surface area contributed by atoms with Crippen molar-refractivity contribution in [1.29, 1.82) is 0 Å². The highest BCUT2D eigenvalue weighted by molar-refractivity contribution is 6.54. The van der Waals surface area contributed by atoms with Crippen molar-refractivity contribution in [1.82, 2.24) is 0 Å². The third-order valence-corrected chi connectivity index (χ3v) is 3.69. The zero-order valence-electron chi connectivity index (χ0n) is 11.9. The van der Waals surface area contributed by atoms with Crippen LogP contribution in [0.2, 0.25) is 0 Å². The average molecular weight is 262 g/mol. The zero-order valence-corrected chi connectivity index (χ0v) is 11.9. The summed E-state index contributed by atoms with van der Waals surface area (Å²) in [5, 5.41) is 0. The van der Waals surface area contributed by atoms with Crippen LogP contribution in [0.3, 0.4) is 0 Å². The fourth-order valence-corrected chi connectivity index (χ4v) is 2.37. The predicted molar refractivity (Wildman–Crippen MR) is 84.7 cm³/mol. The predicted octanol–water partition coefficient (Wildman–Crippen LogP) is 4.10. The van der Waals surface area contributed by atoms with Crippen LogP contribution in [0.15, 0.2) is 70.6 Å². The smallest absolute Gasteiger partial charge is 0.148 e. The minimum atomic E-state index is -0.337. The summed E-state index contributed by atoms with van der Waals surface area (Å²) >= 11 is 0. The van der Waals surface area contributed by atoms with E-state index in [-0.39, 0.29) is 5.66 Å². The van der Waals surface area contributed by atoms with Crippen molar-refractivity contribution in [2.24, 2.45) is 9.98 Å². The molecule has 1 aliphatic heterocycles. The highest BCUT2D eigenvalue weighted by Crippen LogP contribution is 2.27. The van der Waals surface area contributed by atoms with E-state index in [2.05, 4.69) is 38.1 Å². The maximum atomic E-state index is 4.88. The first kappa shape index (κ1) is 12.8. The van der Waals surface area contributed by atoms with Crippen molar-refractivity contribution in [2.75, 3.05) is 0 Å². The molecule has 100 valence electrons. The number of rotatable bonds is 3. The van der Waals surface area contributed by atoms with Crippen molar-refractivity contribution >= 4 is 11.4 Å². The molecule has 2 nitrogen and oxygen atoms in total. The van der Waals surface area contributed by atoms with E-state index in [9.17, 15) is 0 Å². The number of nitrogens with zero attached hydrogens (tertiary/aromatic N) is 2. The molecule has 0 unspecified atom stereocenters. The Bertz CT molecular complexity index is 599. The molecule has 3 rings (SSSR count). The molecule has 2 aromatic rings. The molecule has 0 fully saturated rings. The van der Waals surface area contributed by atoms with Gasteiger partial charge in [0.15, 0.2) is 0 Å². The molecule has 2 heteroatoms. The molecule has 0 aromatic heterocycles. The van der Waals surface area contributed by atoms with Crippen LogP contribution in [0.1, 0.15) is 31.4 Å². The van der Waals surface area contributed by atoms with Gasteiger partial charge in [0.1, 0.15) is 5.66 Å². The molecular formula is C18H18N2. The summed E-state index contributed by atoms with van der Waals surface area (Å²) in [7, 11) is 0. The fraction of sp³-hybridized carbons (Fsp3) is 0.222. The van der Waals surface area contributed by atoms with Gasteiger partial charge in [-0.3, -0.25) is 9.98 Å². The molecule has 0 bridgehead atoms. The minimum Gasteiger partial charge on any atom is -0.253 e. The van der Waals surface area contributed by atoms with Gasteiger partial charge in [-0.05, 0) is 13.3 Å². The van der Waals surface area contributed by atoms with Crippen LogP contribution in [0, 0.1) is 0 Å². The lowest BCUT2D eigenvalue weighted by Crippen LogP contribution is -2.14. The van der Waals surface area contributed by atoms with Gasteiger partial charge in [0.25, 0.3) is 0 Å². The van der Waals surface area contributed by atoms with Gasteiger partial charge in [-0.15, -0.1) is 0 Å². The Labute approximate surface area is 119 Å². The molecule has 0 aliphatic carbocycles. The Hall–Kier alpha value is -2.22. The summed E-state index contributed by atoms with van der Waals surface area (Å²) in [5.41, 5.74) is 3.93. The molecule has 0 N–H and O–H groups in total. The quantitative estimate of drug-likeness (QED) is 0.795. The summed E-state index contributed by atoms with van der Waals surface area (Å²) in [5.74, 6) is 0. The summed E-state index contributed by atoms with van der Waals surface area (Å²) in [6.07, 6.45) is 0.902. The summed E-state index contributed by atoms with van der Waals surface area (Å²) in [6.45, 7) is 4.22. The summed E-state index contributed by atoms with van der Waals surface area (Å²) < 4.78 is 0. The lowest BCUT2D eigenvalue weighted by Gasteiger charge is -2.13. The molecule has 0 spiro atoms. The Morgan fingerprint density at radius 2 is 1.15 bits per heavy atom. The molecular weight excluding hydrogens is 244 g/mol. The fourth-order valence-electron chi connectivity index (χ4n) is 2.37. The third-order valence-electron chi connectivity index (χ3n) is 3.69. The first-order chi connectivity index (χ1) is 9.72. The van der Waals surface area contributed by atoms with Gasteiger partial charge in [-0.2, -0.15) is 0 Å². The van der Waals surface area contributed by atoms with Gasteiger partial charge < -0.3 is 0 Å². The standard InChI is InChI=1S/C18H18N2/c1-3-18(2)19-16(14-10-6-4-7-11-14)17(20-18)15-12-8-5-9-13-15/h4-13H,3H2,1-2H3. The van der Waals surface area contributed by atoms with E-state index in [0.717, 1.165) is 29.0 Å².